The first-order valence-corrected chi connectivity index (χ1v) is 7.95. The molecule has 0 radical (unpaired) electrons. The summed E-state index contributed by atoms with van der Waals surface area (Å²) in [6.07, 6.45) is 8.11. The fourth-order valence-corrected chi connectivity index (χ4v) is 2.49. The van der Waals surface area contributed by atoms with Crippen molar-refractivity contribution in [2.75, 3.05) is 0 Å². The van der Waals surface area contributed by atoms with Gasteiger partial charge in [-0.25, -0.2) is 9.37 Å². The molecule has 2 aromatic carbocycles. The second-order valence-corrected chi connectivity index (χ2v) is 5.65. The number of halogens is 1. The molecule has 1 atom stereocenters. The fraction of sp³-hybridized carbons (Fsp3) is 0.100. The van der Waals surface area contributed by atoms with Crippen LogP contribution in [0.3, 0.4) is 0 Å². The average Bonchev–Trinajstić information content (AvgIpc) is 3.16. The van der Waals surface area contributed by atoms with Crippen LogP contribution in [-0.2, 0) is 4.79 Å². The quantitative estimate of drug-likeness (QED) is 0.719. The number of aromatic nitrogens is 2. The number of benzene rings is 2. The average molecular weight is 335 g/mol. The van der Waals surface area contributed by atoms with Gasteiger partial charge in [-0.2, -0.15) is 0 Å². The molecule has 3 aromatic rings. The third-order valence-corrected chi connectivity index (χ3v) is 3.85. The number of amides is 1. The number of carbonyl (C=O) groups excluding carboxylic acids is 1. The molecule has 25 heavy (non-hydrogen) atoms. The normalized spacial score (nSPS) is 12.2. The van der Waals surface area contributed by atoms with Crippen molar-refractivity contribution in [3.63, 3.8) is 0 Å². The lowest BCUT2D eigenvalue weighted by Gasteiger charge is -2.14. The lowest BCUT2D eigenvalue weighted by molar-refractivity contribution is -0.117. The van der Waals surface area contributed by atoms with Crippen LogP contribution in [0.15, 0.2) is 73.3 Å². The Morgan fingerprint density at radius 2 is 2.08 bits per heavy atom. The number of hydrogen-bond acceptors (Lipinski definition) is 2. The number of hydrogen-bond donors (Lipinski definition) is 1. The summed E-state index contributed by atoms with van der Waals surface area (Å²) in [7, 11) is 0. The van der Waals surface area contributed by atoms with Crippen molar-refractivity contribution in [1.82, 2.24) is 14.9 Å². The van der Waals surface area contributed by atoms with E-state index in [0.29, 0.717) is 5.56 Å². The van der Waals surface area contributed by atoms with Crippen LogP contribution in [0.1, 0.15) is 24.1 Å². The summed E-state index contributed by atoms with van der Waals surface area (Å²) in [6.45, 7) is 1.90. The SMILES string of the molecule is CC(NC(=O)C=Cc1ccccc1F)c1cccc(-n2ccnc2)c1. The molecule has 0 fully saturated rings. The smallest absolute Gasteiger partial charge is 0.244 e. The van der Waals surface area contributed by atoms with Crippen LogP contribution in [-0.4, -0.2) is 15.5 Å². The summed E-state index contributed by atoms with van der Waals surface area (Å²) >= 11 is 0. The van der Waals surface area contributed by atoms with E-state index in [-0.39, 0.29) is 17.8 Å². The topological polar surface area (TPSA) is 46.9 Å². The predicted octanol–water partition coefficient (Wildman–Crippen LogP) is 3.90. The van der Waals surface area contributed by atoms with E-state index in [9.17, 15) is 9.18 Å². The van der Waals surface area contributed by atoms with Crippen LogP contribution < -0.4 is 5.32 Å². The minimum atomic E-state index is -0.354. The Hall–Kier alpha value is -3.21. The molecular weight excluding hydrogens is 317 g/mol. The van der Waals surface area contributed by atoms with Gasteiger partial charge in [0.15, 0.2) is 0 Å². The molecule has 4 nitrogen and oxygen atoms in total. The van der Waals surface area contributed by atoms with Crippen molar-refractivity contribution in [3.8, 4) is 5.69 Å². The molecule has 1 aromatic heterocycles. The largest absolute Gasteiger partial charge is 0.346 e. The fourth-order valence-electron chi connectivity index (χ4n) is 2.49. The number of rotatable bonds is 5. The van der Waals surface area contributed by atoms with E-state index in [2.05, 4.69) is 10.3 Å². The molecule has 0 spiro atoms. The van der Waals surface area contributed by atoms with Gasteiger partial charge in [0.1, 0.15) is 5.82 Å². The molecule has 0 aliphatic heterocycles. The van der Waals surface area contributed by atoms with Crippen molar-refractivity contribution < 1.29 is 9.18 Å². The van der Waals surface area contributed by atoms with Gasteiger partial charge in [0.25, 0.3) is 0 Å². The van der Waals surface area contributed by atoms with Gasteiger partial charge >= 0.3 is 0 Å². The summed E-state index contributed by atoms with van der Waals surface area (Å²) in [5.74, 6) is -0.628. The highest BCUT2D eigenvalue weighted by molar-refractivity contribution is 5.92. The van der Waals surface area contributed by atoms with E-state index in [1.165, 1.54) is 18.2 Å². The molecule has 126 valence electrons. The minimum absolute atomic E-state index is 0.179. The highest BCUT2D eigenvalue weighted by atomic mass is 19.1. The maximum Gasteiger partial charge on any atom is 0.244 e. The summed E-state index contributed by atoms with van der Waals surface area (Å²) in [5.41, 5.74) is 2.32. The molecule has 1 heterocycles. The highest BCUT2D eigenvalue weighted by Gasteiger charge is 2.09. The van der Waals surface area contributed by atoms with Gasteiger partial charge in [-0.3, -0.25) is 4.79 Å². The monoisotopic (exact) mass is 335 g/mol. The second-order valence-electron chi connectivity index (χ2n) is 5.65. The van der Waals surface area contributed by atoms with Crippen LogP contribution in [0.2, 0.25) is 0 Å². The molecule has 1 amide bonds. The van der Waals surface area contributed by atoms with Crippen molar-refractivity contribution >= 4 is 12.0 Å². The number of nitrogens with one attached hydrogen (secondary N) is 1. The molecule has 0 bridgehead atoms. The molecule has 5 heteroatoms. The van der Waals surface area contributed by atoms with Crippen molar-refractivity contribution in [1.29, 1.82) is 0 Å². The zero-order valence-electron chi connectivity index (χ0n) is 13.8. The van der Waals surface area contributed by atoms with Crippen molar-refractivity contribution in [3.05, 3.63) is 90.3 Å². The highest BCUT2D eigenvalue weighted by Crippen LogP contribution is 2.17. The third-order valence-electron chi connectivity index (χ3n) is 3.85. The van der Waals surface area contributed by atoms with Gasteiger partial charge < -0.3 is 9.88 Å². The summed E-state index contributed by atoms with van der Waals surface area (Å²) in [5, 5.41) is 2.89. The molecule has 1 N–H and O–H groups in total. The Morgan fingerprint density at radius 1 is 1.24 bits per heavy atom. The van der Waals surface area contributed by atoms with Crippen LogP contribution in [0.5, 0.6) is 0 Å². The van der Waals surface area contributed by atoms with E-state index >= 15 is 0 Å². The number of imidazole rings is 1. The Kier molecular flexibility index (Phi) is 5.04. The Labute approximate surface area is 145 Å². The lowest BCUT2D eigenvalue weighted by atomic mass is 10.1. The van der Waals surface area contributed by atoms with Gasteiger partial charge in [-0.1, -0.05) is 30.3 Å². The van der Waals surface area contributed by atoms with E-state index in [1.54, 1.807) is 30.7 Å². The van der Waals surface area contributed by atoms with Crippen molar-refractivity contribution in [2.45, 2.75) is 13.0 Å². The summed E-state index contributed by atoms with van der Waals surface area (Å²) in [4.78, 5) is 16.1. The molecule has 0 aliphatic carbocycles. The molecular formula is C20H18FN3O. The number of nitrogens with zero attached hydrogens (tertiary/aromatic N) is 2. The van der Waals surface area contributed by atoms with Gasteiger partial charge in [0.05, 0.1) is 12.4 Å². The second kappa shape index (κ2) is 7.57. The van der Waals surface area contributed by atoms with E-state index < -0.39 is 0 Å². The maximum atomic E-state index is 13.6. The van der Waals surface area contributed by atoms with E-state index in [1.807, 2.05) is 42.0 Å². The van der Waals surface area contributed by atoms with Crippen molar-refractivity contribution in [2.24, 2.45) is 0 Å². The molecule has 3 rings (SSSR count). The molecule has 1 unspecified atom stereocenters. The Bertz CT molecular complexity index is 887. The van der Waals surface area contributed by atoms with Gasteiger partial charge in [0.2, 0.25) is 5.91 Å². The summed E-state index contributed by atoms with van der Waals surface area (Å²) in [6, 6.07) is 14.0. The van der Waals surface area contributed by atoms with Crippen LogP contribution in [0, 0.1) is 5.82 Å². The first-order chi connectivity index (χ1) is 12.1. The number of carbonyl (C=O) groups is 1. The molecule has 0 saturated heterocycles. The maximum absolute atomic E-state index is 13.6. The zero-order chi connectivity index (χ0) is 17.6. The zero-order valence-corrected chi connectivity index (χ0v) is 13.8. The molecule has 0 saturated carbocycles. The Morgan fingerprint density at radius 3 is 2.84 bits per heavy atom. The van der Waals surface area contributed by atoms with Crippen LogP contribution in [0.25, 0.3) is 11.8 Å². The predicted molar refractivity (Wildman–Crippen MR) is 95.6 cm³/mol. The Balaban J connectivity index is 1.68. The first-order valence-electron chi connectivity index (χ1n) is 7.95. The first kappa shape index (κ1) is 16.6. The van der Waals surface area contributed by atoms with Gasteiger partial charge in [-0.15, -0.1) is 0 Å². The van der Waals surface area contributed by atoms with Crippen LogP contribution >= 0.6 is 0 Å². The van der Waals surface area contributed by atoms with Gasteiger partial charge in [0, 0.05) is 29.7 Å². The standard InChI is InChI=1S/C20H18FN3O/c1-15(17-6-4-7-18(13-17)24-12-11-22-14-24)23-20(25)10-9-16-5-2-3-8-19(16)21/h2-15H,1H3,(H,23,25). The summed E-state index contributed by atoms with van der Waals surface area (Å²) < 4.78 is 15.5. The lowest BCUT2D eigenvalue weighted by Crippen LogP contribution is -2.24. The minimum Gasteiger partial charge on any atom is -0.346 e. The molecule has 0 aliphatic rings. The van der Waals surface area contributed by atoms with Gasteiger partial charge in [-0.05, 0) is 36.8 Å². The van der Waals surface area contributed by atoms with E-state index in [4.69, 9.17) is 0 Å². The third kappa shape index (κ3) is 4.20. The van der Waals surface area contributed by atoms with E-state index in [0.717, 1.165) is 11.3 Å². The van der Waals surface area contributed by atoms with Crippen LogP contribution in [0.4, 0.5) is 4.39 Å².